The van der Waals surface area contributed by atoms with Gasteiger partial charge < -0.3 is 10.2 Å². The van der Waals surface area contributed by atoms with Crippen LogP contribution < -0.4 is 5.32 Å². The Morgan fingerprint density at radius 2 is 1.74 bits per heavy atom. The predicted octanol–water partition coefficient (Wildman–Crippen LogP) is 1.93. The molecule has 3 rings (SSSR count). The lowest BCUT2D eigenvalue weighted by Crippen LogP contribution is -2.55. The van der Waals surface area contributed by atoms with Crippen LogP contribution in [0.2, 0.25) is 0 Å². The average molecular weight is 265 g/mol. The minimum Gasteiger partial charge on any atom is -0.317 e. The molecule has 0 spiro atoms. The summed E-state index contributed by atoms with van der Waals surface area (Å²) in [5, 5.41) is 3.45. The van der Waals surface area contributed by atoms with Crippen LogP contribution in [0.1, 0.15) is 44.9 Å². The zero-order chi connectivity index (χ0) is 13.2. The van der Waals surface area contributed by atoms with Crippen molar-refractivity contribution >= 4 is 0 Å². The number of nitrogens with zero attached hydrogens (tertiary/aromatic N) is 2. The van der Waals surface area contributed by atoms with Gasteiger partial charge in [0.15, 0.2) is 0 Å². The zero-order valence-corrected chi connectivity index (χ0v) is 12.8. The van der Waals surface area contributed by atoms with Crippen molar-refractivity contribution < 1.29 is 0 Å². The van der Waals surface area contributed by atoms with Crippen LogP contribution in [0.5, 0.6) is 0 Å². The number of likely N-dealkylation sites (tertiary alicyclic amines) is 2. The first-order valence-corrected chi connectivity index (χ1v) is 8.39. The van der Waals surface area contributed by atoms with Crippen molar-refractivity contribution in [2.24, 2.45) is 5.92 Å². The number of nitrogens with one attached hydrogen (secondary N) is 1. The van der Waals surface area contributed by atoms with Crippen LogP contribution in [0.15, 0.2) is 0 Å². The zero-order valence-electron chi connectivity index (χ0n) is 12.8. The van der Waals surface area contributed by atoms with Crippen molar-refractivity contribution in [1.29, 1.82) is 0 Å². The molecule has 1 aliphatic carbocycles. The first-order chi connectivity index (χ1) is 9.28. The molecule has 2 heterocycles. The molecule has 0 radical (unpaired) electrons. The molecule has 3 nitrogen and oxygen atoms in total. The molecular formula is C16H31N3. The van der Waals surface area contributed by atoms with Gasteiger partial charge in [-0.1, -0.05) is 0 Å². The molecule has 3 aliphatic rings. The van der Waals surface area contributed by atoms with Gasteiger partial charge in [0.05, 0.1) is 0 Å². The van der Waals surface area contributed by atoms with Crippen LogP contribution in [-0.2, 0) is 0 Å². The molecule has 2 aliphatic heterocycles. The first-order valence-electron chi connectivity index (χ1n) is 8.39. The highest BCUT2D eigenvalue weighted by Crippen LogP contribution is 2.33. The minimum atomic E-state index is 0.787. The van der Waals surface area contributed by atoms with Crippen LogP contribution in [0.25, 0.3) is 0 Å². The Balaban J connectivity index is 1.53. The summed E-state index contributed by atoms with van der Waals surface area (Å²) in [5.74, 6) is 0.953. The Kier molecular flexibility index (Phi) is 4.45. The van der Waals surface area contributed by atoms with Gasteiger partial charge in [-0.2, -0.15) is 0 Å². The second-order valence-electron chi connectivity index (χ2n) is 7.03. The molecule has 2 unspecified atom stereocenters. The molecule has 1 saturated carbocycles. The van der Waals surface area contributed by atoms with Crippen LogP contribution in [0, 0.1) is 5.92 Å². The summed E-state index contributed by atoms with van der Waals surface area (Å²) in [6.07, 6.45) is 9.89. The second-order valence-corrected chi connectivity index (χ2v) is 7.03. The van der Waals surface area contributed by atoms with E-state index in [-0.39, 0.29) is 0 Å². The number of hydrogen-bond donors (Lipinski definition) is 1. The SMILES string of the molecule is CNC1CCC(N2CCC3C(CCCN3C)C2)CC1. The van der Waals surface area contributed by atoms with Crippen molar-refractivity contribution in [3.8, 4) is 0 Å². The minimum absolute atomic E-state index is 0.787. The van der Waals surface area contributed by atoms with Crippen molar-refractivity contribution in [2.75, 3.05) is 33.7 Å². The van der Waals surface area contributed by atoms with Gasteiger partial charge in [-0.15, -0.1) is 0 Å². The lowest BCUT2D eigenvalue weighted by atomic mass is 9.82. The van der Waals surface area contributed by atoms with Gasteiger partial charge >= 0.3 is 0 Å². The molecule has 3 heteroatoms. The molecule has 1 N–H and O–H groups in total. The number of rotatable bonds is 2. The van der Waals surface area contributed by atoms with Crippen molar-refractivity contribution in [1.82, 2.24) is 15.1 Å². The third-order valence-corrected chi connectivity index (χ3v) is 6.00. The van der Waals surface area contributed by atoms with E-state index in [0.29, 0.717) is 0 Å². The van der Waals surface area contributed by atoms with E-state index in [4.69, 9.17) is 0 Å². The maximum atomic E-state index is 3.45. The Bertz CT molecular complexity index is 286. The fourth-order valence-corrected chi connectivity index (χ4v) is 4.74. The summed E-state index contributed by atoms with van der Waals surface area (Å²) in [6, 6.07) is 2.56. The third-order valence-electron chi connectivity index (χ3n) is 6.00. The number of fused-ring (bicyclic) bond motifs is 1. The van der Waals surface area contributed by atoms with Crippen LogP contribution in [0.3, 0.4) is 0 Å². The quantitative estimate of drug-likeness (QED) is 0.823. The number of piperidine rings is 2. The third kappa shape index (κ3) is 2.98. The maximum Gasteiger partial charge on any atom is 0.0145 e. The van der Waals surface area contributed by atoms with Crippen LogP contribution in [0.4, 0.5) is 0 Å². The van der Waals surface area contributed by atoms with E-state index in [1.807, 2.05) is 0 Å². The Hall–Kier alpha value is -0.120. The highest BCUT2D eigenvalue weighted by atomic mass is 15.2. The monoisotopic (exact) mass is 265 g/mol. The second kappa shape index (κ2) is 6.11. The highest BCUT2D eigenvalue weighted by molar-refractivity contribution is 4.92. The van der Waals surface area contributed by atoms with Gasteiger partial charge in [-0.05, 0) is 78.0 Å². The topological polar surface area (TPSA) is 18.5 Å². The molecule has 0 bridgehead atoms. The standard InChI is InChI=1S/C16H31N3/c1-17-14-5-7-15(8-6-14)19-11-9-16-13(12-19)4-3-10-18(16)2/h13-17H,3-12H2,1-2H3. The molecule has 0 amide bonds. The molecule has 3 fully saturated rings. The first kappa shape index (κ1) is 13.8. The van der Waals surface area contributed by atoms with E-state index in [9.17, 15) is 0 Å². The van der Waals surface area contributed by atoms with Gasteiger partial charge in [-0.3, -0.25) is 4.90 Å². The predicted molar refractivity (Wildman–Crippen MR) is 80.4 cm³/mol. The highest BCUT2D eigenvalue weighted by Gasteiger charge is 2.36. The van der Waals surface area contributed by atoms with Crippen molar-refractivity contribution in [3.05, 3.63) is 0 Å². The summed E-state index contributed by atoms with van der Waals surface area (Å²) in [6.45, 7) is 4.05. The molecular weight excluding hydrogens is 234 g/mol. The van der Waals surface area contributed by atoms with E-state index in [0.717, 1.165) is 24.0 Å². The summed E-state index contributed by atoms with van der Waals surface area (Å²) >= 11 is 0. The summed E-state index contributed by atoms with van der Waals surface area (Å²) < 4.78 is 0. The molecule has 2 atom stereocenters. The van der Waals surface area contributed by atoms with E-state index in [2.05, 4.69) is 29.2 Å². The lowest BCUT2D eigenvalue weighted by Gasteiger charge is -2.49. The fourth-order valence-electron chi connectivity index (χ4n) is 4.74. The van der Waals surface area contributed by atoms with Crippen LogP contribution >= 0.6 is 0 Å². The molecule has 0 aromatic rings. The van der Waals surface area contributed by atoms with Gasteiger partial charge in [0.2, 0.25) is 0 Å². The average Bonchev–Trinajstić information content (AvgIpc) is 2.47. The Labute approximate surface area is 118 Å². The molecule has 2 saturated heterocycles. The van der Waals surface area contributed by atoms with Gasteiger partial charge in [-0.25, -0.2) is 0 Å². The Morgan fingerprint density at radius 1 is 0.947 bits per heavy atom. The largest absolute Gasteiger partial charge is 0.317 e. The van der Waals surface area contributed by atoms with E-state index in [1.54, 1.807) is 0 Å². The van der Waals surface area contributed by atoms with E-state index < -0.39 is 0 Å². The maximum absolute atomic E-state index is 3.45. The Morgan fingerprint density at radius 3 is 2.47 bits per heavy atom. The van der Waals surface area contributed by atoms with Gasteiger partial charge in [0.25, 0.3) is 0 Å². The molecule has 0 aromatic carbocycles. The molecule has 19 heavy (non-hydrogen) atoms. The lowest BCUT2D eigenvalue weighted by molar-refractivity contribution is 0.0108. The summed E-state index contributed by atoms with van der Waals surface area (Å²) in [5.41, 5.74) is 0. The molecule has 0 aromatic heterocycles. The number of hydrogen-bond acceptors (Lipinski definition) is 3. The van der Waals surface area contributed by atoms with Gasteiger partial charge in [0.1, 0.15) is 0 Å². The smallest absolute Gasteiger partial charge is 0.0145 e. The van der Waals surface area contributed by atoms with E-state index in [1.165, 1.54) is 64.6 Å². The fraction of sp³-hybridized carbons (Fsp3) is 1.00. The normalized spacial score (nSPS) is 42.0. The van der Waals surface area contributed by atoms with Crippen molar-refractivity contribution in [2.45, 2.75) is 63.1 Å². The van der Waals surface area contributed by atoms with E-state index >= 15 is 0 Å². The molecule has 110 valence electrons. The summed E-state index contributed by atoms with van der Waals surface area (Å²) in [7, 11) is 4.46. The van der Waals surface area contributed by atoms with Gasteiger partial charge in [0, 0.05) is 24.7 Å². The van der Waals surface area contributed by atoms with Crippen LogP contribution in [-0.4, -0.2) is 61.7 Å². The van der Waals surface area contributed by atoms with Crippen molar-refractivity contribution in [3.63, 3.8) is 0 Å². The summed E-state index contributed by atoms with van der Waals surface area (Å²) in [4.78, 5) is 5.47.